The monoisotopic (exact) mass is 241 g/mol. The first-order valence-electron chi connectivity index (χ1n) is 5.42. The van der Waals surface area contributed by atoms with Gasteiger partial charge in [-0.25, -0.2) is 4.79 Å². The van der Waals surface area contributed by atoms with Crippen LogP contribution in [0.1, 0.15) is 0 Å². The predicted octanol–water partition coefficient (Wildman–Crippen LogP) is 2.66. The van der Waals surface area contributed by atoms with E-state index in [4.69, 9.17) is 5.73 Å². The topological polar surface area (TPSA) is 58.7 Å². The molecule has 0 spiro atoms. The molecular weight excluding hydrogens is 226 g/mol. The van der Waals surface area contributed by atoms with E-state index < -0.39 is 6.03 Å². The van der Waals surface area contributed by atoms with Crippen molar-refractivity contribution in [2.24, 2.45) is 10.7 Å². The normalized spacial score (nSPS) is 15.7. The van der Waals surface area contributed by atoms with Crippen molar-refractivity contribution in [1.29, 1.82) is 0 Å². The molecule has 0 saturated heterocycles. The second-order valence-electron chi connectivity index (χ2n) is 3.22. The van der Waals surface area contributed by atoms with Gasteiger partial charge in [0.2, 0.25) is 0 Å². The minimum Gasteiger partial charge on any atom is -0.351 e. The van der Waals surface area contributed by atoms with Gasteiger partial charge in [0.25, 0.3) is 0 Å². The molecular formula is C14H15N3O. The van der Waals surface area contributed by atoms with Crippen molar-refractivity contribution in [3.63, 3.8) is 0 Å². The highest BCUT2D eigenvalue weighted by Crippen LogP contribution is 1.93. The van der Waals surface area contributed by atoms with E-state index in [0.717, 1.165) is 0 Å². The van der Waals surface area contributed by atoms with Gasteiger partial charge in [0.05, 0.1) is 0 Å². The lowest BCUT2D eigenvalue weighted by atomic mass is 10.4. The molecule has 1 aliphatic heterocycles. The lowest BCUT2D eigenvalue weighted by molar-refractivity contribution is 0.235. The van der Waals surface area contributed by atoms with Gasteiger partial charge >= 0.3 is 6.03 Å². The summed E-state index contributed by atoms with van der Waals surface area (Å²) >= 11 is 0. The first-order chi connectivity index (χ1) is 8.80. The molecule has 2 amide bonds. The van der Waals surface area contributed by atoms with Gasteiger partial charge in [-0.05, 0) is 12.2 Å². The van der Waals surface area contributed by atoms with E-state index in [1.165, 1.54) is 17.3 Å². The Morgan fingerprint density at radius 1 is 0.833 bits per heavy atom. The van der Waals surface area contributed by atoms with Crippen LogP contribution in [0.5, 0.6) is 0 Å². The molecule has 0 aliphatic carbocycles. The Labute approximate surface area is 106 Å². The minimum atomic E-state index is -0.567. The van der Waals surface area contributed by atoms with Gasteiger partial charge < -0.3 is 5.73 Å². The van der Waals surface area contributed by atoms with Gasteiger partial charge in [-0.2, -0.15) is 0 Å². The lowest BCUT2D eigenvalue weighted by Gasteiger charge is -2.07. The molecule has 18 heavy (non-hydrogen) atoms. The molecule has 0 saturated carbocycles. The van der Waals surface area contributed by atoms with Crippen LogP contribution in [0.3, 0.4) is 0 Å². The van der Waals surface area contributed by atoms with Gasteiger partial charge in [-0.15, -0.1) is 0 Å². The average molecular weight is 241 g/mol. The molecule has 0 bridgehead atoms. The Bertz CT molecular complexity index is 429. The fourth-order valence-corrected chi connectivity index (χ4v) is 1.05. The highest BCUT2D eigenvalue weighted by atomic mass is 16.2. The largest absolute Gasteiger partial charge is 0.351 e. The third kappa shape index (κ3) is 6.07. The summed E-state index contributed by atoms with van der Waals surface area (Å²) in [7, 11) is 0. The lowest BCUT2D eigenvalue weighted by Crippen LogP contribution is -2.26. The molecule has 0 aromatic rings. The molecule has 0 unspecified atom stereocenters. The Morgan fingerprint density at radius 2 is 1.39 bits per heavy atom. The maximum atomic E-state index is 11.1. The molecule has 4 heteroatoms. The molecule has 92 valence electrons. The standard InChI is InChI=1S/C14H15N3O/c15-14(18)17-12-9-7-5-3-1-2-4-6-8-10-16-11-13-17/h1-13H,(H2,15,18). The van der Waals surface area contributed by atoms with E-state index >= 15 is 0 Å². The van der Waals surface area contributed by atoms with Crippen molar-refractivity contribution >= 4 is 12.2 Å². The van der Waals surface area contributed by atoms with Crippen molar-refractivity contribution in [3.8, 4) is 0 Å². The van der Waals surface area contributed by atoms with Gasteiger partial charge in [-0.1, -0.05) is 42.5 Å². The summed E-state index contributed by atoms with van der Waals surface area (Å²) in [5, 5.41) is 0. The number of nitrogens with two attached hydrogens (primary N) is 1. The smallest absolute Gasteiger partial charge is 0.322 e. The number of rotatable bonds is 0. The zero-order valence-corrected chi connectivity index (χ0v) is 9.89. The van der Waals surface area contributed by atoms with Crippen LogP contribution in [0.2, 0.25) is 0 Å². The molecule has 4 nitrogen and oxygen atoms in total. The number of urea groups is 1. The number of allylic oxidation sites excluding steroid dienone is 9. The highest BCUT2D eigenvalue weighted by molar-refractivity contribution is 5.75. The van der Waals surface area contributed by atoms with Crippen LogP contribution in [-0.4, -0.2) is 17.1 Å². The Hall–Kier alpha value is -2.62. The van der Waals surface area contributed by atoms with E-state index in [-0.39, 0.29) is 0 Å². The van der Waals surface area contributed by atoms with E-state index in [9.17, 15) is 4.79 Å². The Balaban J connectivity index is 2.85. The van der Waals surface area contributed by atoms with Crippen LogP contribution in [0.4, 0.5) is 4.79 Å². The summed E-state index contributed by atoms with van der Waals surface area (Å²) in [6.45, 7) is 0. The molecule has 1 aliphatic rings. The zero-order chi connectivity index (χ0) is 13.1. The van der Waals surface area contributed by atoms with E-state index in [2.05, 4.69) is 4.99 Å². The van der Waals surface area contributed by atoms with E-state index in [1.54, 1.807) is 30.6 Å². The number of carbonyl (C=O) groups excluding carboxylic acids is 1. The second-order valence-corrected chi connectivity index (χ2v) is 3.22. The predicted molar refractivity (Wildman–Crippen MR) is 74.8 cm³/mol. The maximum absolute atomic E-state index is 11.1. The number of aliphatic imine (C=N–C) groups is 1. The van der Waals surface area contributed by atoms with Crippen molar-refractivity contribution in [2.75, 3.05) is 0 Å². The summed E-state index contributed by atoms with van der Waals surface area (Å²) in [6, 6.07) is -0.567. The summed E-state index contributed by atoms with van der Waals surface area (Å²) in [6.07, 6.45) is 22.7. The quantitative estimate of drug-likeness (QED) is 0.696. The van der Waals surface area contributed by atoms with Crippen LogP contribution in [0.25, 0.3) is 0 Å². The first-order valence-corrected chi connectivity index (χ1v) is 5.42. The Kier molecular flexibility index (Phi) is 6.37. The summed E-state index contributed by atoms with van der Waals surface area (Å²) in [5.41, 5.74) is 5.20. The van der Waals surface area contributed by atoms with Crippen molar-refractivity contribution in [1.82, 2.24) is 4.90 Å². The molecule has 0 fully saturated rings. The van der Waals surface area contributed by atoms with Gasteiger partial charge in [0, 0.05) is 24.8 Å². The molecule has 1 rings (SSSR count). The van der Waals surface area contributed by atoms with Gasteiger partial charge in [0.1, 0.15) is 0 Å². The third-order valence-corrected chi connectivity index (χ3v) is 1.88. The molecule has 2 N–H and O–H groups in total. The van der Waals surface area contributed by atoms with Crippen molar-refractivity contribution < 1.29 is 4.79 Å². The summed E-state index contributed by atoms with van der Waals surface area (Å²) < 4.78 is 0. The molecule has 0 atom stereocenters. The fraction of sp³-hybridized carbons (Fsp3) is 0. The molecule has 0 aromatic heterocycles. The van der Waals surface area contributed by atoms with Gasteiger partial charge in [-0.3, -0.25) is 9.89 Å². The zero-order valence-electron chi connectivity index (χ0n) is 9.89. The maximum Gasteiger partial charge on any atom is 0.322 e. The van der Waals surface area contributed by atoms with Crippen LogP contribution < -0.4 is 5.73 Å². The van der Waals surface area contributed by atoms with Crippen LogP contribution in [-0.2, 0) is 0 Å². The number of hydrogen-bond acceptors (Lipinski definition) is 2. The number of nitrogens with zero attached hydrogens (tertiary/aromatic N) is 2. The fourth-order valence-electron chi connectivity index (χ4n) is 1.05. The molecule has 0 aromatic carbocycles. The second kappa shape index (κ2) is 8.52. The van der Waals surface area contributed by atoms with E-state index in [0.29, 0.717) is 0 Å². The SMILES string of the molecule is NC(=O)N1C=CC=CC=CC=CC=CC=NC=C1. The molecule has 1 heterocycles. The van der Waals surface area contributed by atoms with Crippen LogP contribution in [0, 0.1) is 0 Å². The van der Waals surface area contributed by atoms with Crippen molar-refractivity contribution in [2.45, 2.75) is 0 Å². The summed E-state index contributed by atoms with van der Waals surface area (Å²) in [4.78, 5) is 16.3. The highest BCUT2D eigenvalue weighted by Gasteiger charge is 1.98. The minimum absolute atomic E-state index is 0.567. The third-order valence-electron chi connectivity index (χ3n) is 1.88. The van der Waals surface area contributed by atoms with Crippen LogP contribution >= 0.6 is 0 Å². The first kappa shape index (κ1) is 13.4. The summed E-state index contributed by atoms with van der Waals surface area (Å²) in [5.74, 6) is 0. The molecule has 0 radical (unpaired) electrons. The number of amides is 2. The van der Waals surface area contributed by atoms with Crippen molar-refractivity contribution in [3.05, 3.63) is 73.3 Å². The Morgan fingerprint density at radius 3 is 2.00 bits per heavy atom. The number of primary amides is 1. The number of hydrogen-bond donors (Lipinski definition) is 1. The van der Waals surface area contributed by atoms with E-state index in [1.807, 2.05) is 36.5 Å². The number of carbonyl (C=O) groups is 1. The van der Waals surface area contributed by atoms with Crippen LogP contribution in [0.15, 0.2) is 78.3 Å². The average Bonchev–Trinajstić information content (AvgIpc) is 2.36. The van der Waals surface area contributed by atoms with Gasteiger partial charge in [0.15, 0.2) is 0 Å².